The molecule has 3 rings (SSSR count). The van der Waals surface area contributed by atoms with Gasteiger partial charge in [-0.3, -0.25) is 9.59 Å². The topological polar surface area (TPSA) is 40.6 Å². The quantitative estimate of drug-likeness (QED) is 0.792. The van der Waals surface area contributed by atoms with Crippen molar-refractivity contribution in [1.82, 2.24) is 9.80 Å². The predicted molar refractivity (Wildman–Crippen MR) is 104 cm³/mol. The number of halogens is 1. The Balaban J connectivity index is 1.64. The molecule has 1 saturated carbocycles. The molecule has 0 N–H and O–H groups in total. The second-order valence-electron chi connectivity index (χ2n) is 7.88. The molecule has 26 heavy (non-hydrogen) atoms. The Bertz CT molecular complexity index is 646. The summed E-state index contributed by atoms with van der Waals surface area (Å²) in [5.41, 5.74) is 0.636. The van der Waals surface area contributed by atoms with Crippen molar-refractivity contribution in [3.63, 3.8) is 0 Å². The highest BCUT2D eigenvalue weighted by molar-refractivity contribution is 6.30. The molecule has 3 unspecified atom stereocenters. The maximum Gasteiger partial charge on any atom is 0.253 e. The zero-order chi connectivity index (χ0) is 18.7. The zero-order valence-electron chi connectivity index (χ0n) is 15.8. The number of benzene rings is 1. The van der Waals surface area contributed by atoms with E-state index < -0.39 is 0 Å². The molecule has 1 saturated heterocycles. The van der Waals surface area contributed by atoms with Crippen molar-refractivity contribution in [2.75, 3.05) is 20.1 Å². The van der Waals surface area contributed by atoms with E-state index in [2.05, 4.69) is 6.92 Å². The summed E-state index contributed by atoms with van der Waals surface area (Å²) in [6, 6.07) is 7.33. The molecule has 5 heteroatoms. The summed E-state index contributed by atoms with van der Waals surface area (Å²) < 4.78 is 0. The predicted octanol–water partition coefficient (Wildman–Crippen LogP) is 4.23. The zero-order valence-corrected chi connectivity index (χ0v) is 16.5. The van der Waals surface area contributed by atoms with Crippen molar-refractivity contribution >= 4 is 23.4 Å². The van der Waals surface area contributed by atoms with Gasteiger partial charge in [0, 0.05) is 36.8 Å². The number of nitrogens with zero attached hydrogens (tertiary/aromatic N) is 2. The van der Waals surface area contributed by atoms with Gasteiger partial charge in [-0.2, -0.15) is 0 Å². The minimum atomic E-state index is -0.0841. The smallest absolute Gasteiger partial charge is 0.253 e. The Kier molecular flexibility index (Phi) is 6.23. The Morgan fingerprint density at radius 3 is 2.46 bits per heavy atom. The lowest BCUT2D eigenvalue weighted by Crippen LogP contribution is -2.50. The van der Waals surface area contributed by atoms with Gasteiger partial charge in [0.2, 0.25) is 5.91 Å². The van der Waals surface area contributed by atoms with E-state index in [-0.39, 0.29) is 17.7 Å². The van der Waals surface area contributed by atoms with E-state index in [0.717, 1.165) is 25.8 Å². The van der Waals surface area contributed by atoms with Crippen LogP contribution in [0.4, 0.5) is 0 Å². The van der Waals surface area contributed by atoms with Gasteiger partial charge in [-0.05, 0) is 55.9 Å². The maximum absolute atomic E-state index is 13.1. The Labute approximate surface area is 161 Å². The van der Waals surface area contributed by atoms with Crippen LogP contribution in [0.2, 0.25) is 5.02 Å². The Morgan fingerprint density at radius 2 is 1.77 bits per heavy atom. The number of carbonyl (C=O) groups is 2. The standard InChI is InChI=1S/C21H29ClN2O2/c1-15-6-3-4-8-19(15)23(2)20(25)17-7-5-13-24(14-17)21(26)16-9-11-18(22)12-10-16/h9-12,15,17,19H,3-8,13-14H2,1-2H3. The first-order valence-electron chi connectivity index (χ1n) is 9.79. The molecule has 0 bridgehead atoms. The van der Waals surface area contributed by atoms with Crippen molar-refractivity contribution in [3.8, 4) is 0 Å². The average molecular weight is 377 g/mol. The van der Waals surface area contributed by atoms with Crippen molar-refractivity contribution < 1.29 is 9.59 Å². The van der Waals surface area contributed by atoms with Gasteiger partial charge in [0.05, 0.1) is 5.92 Å². The molecule has 0 aromatic heterocycles. The maximum atomic E-state index is 13.1. The molecule has 142 valence electrons. The molecular weight excluding hydrogens is 348 g/mol. The number of rotatable bonds is 3. The number of piperidine rings is 1. The fraction of sp³-hybridized carbons (Fsp3) is 0.619. The van der Waals surface area contributed by atoms with E-state index in [1.807, 2.05) is 16.8 Å². The molecule has 1 aliphatic carbocycles. The molecule has 2 aliphatic rings. The fourth-order valence-electron chi connectivity index (χ4n) is 4.46. The van der Waals surface area contributed by atoms with Gasteiger partial charge in [0.15, 0.2) is 0 Å². The van der Waals surface area contributed by atoms with Crippen LogP contribution in [-0.4, -0.2) is 47.8 Å². The van der Waals surface area contributed by atoms with Crippen LogP contribution in [0.15, 0.2) is 24.3 Å². The summed E-state index contributed by atoms with van der Waals surface area (Å²) in [6.07, 6.45) is 6.53. The third-order valence-electron chi connectivity index (χ3n) is 6.06. The van der Waals surface area contributed by atoms with Gasteiger partial charge in [0.25, 0.3) is 5.91 Å². The normalized spacial score (nSPS) is 26.4. The highest BCUT2D eigenvalue weighted by Crippen LogP contribution is 2.29. The summed E-state index contributed by atoms with van der Waals surface area (Å²) >= 11 is 5.91. The third-order valence-corrected chi connectivity index (χ3v) is 6.31. The molecule has 1 aromatic rings. The minimum absolute atomic E-state index is 0.00662. The van der Waals surface area contributed by atoms with E-state index in [4.69, 9.17) is 11.6 Å². The van der Waals surface area contributed by atoms with Crippen LogP contribution in [0.25, 0.3) is 0 Å². The highest BCUT2D eigenvalue weighted by atomic mass is 35.5. The monoisotopic (exact) mass is 376 g/mol. The summed E-state index contributed by atoms with van der Waals surface area (Å²) in [7, 11) is 1.95. The third kappa shape index (κ3) is 4.22. The lowest BCUT2D eigenvalue weighted by molar-refractivity contribution is -0.139. The van der Waals surface area contributed by atoms with Gasteiger partial charge in [0.1, 0.15) is 0 Å². The summed E-state index contributed by atoms with van der Waals surface area (Å²) in [6.45, 7) is 3.49. The van der Waals surface area contributed by atoms with Gasteiger partial charge < -0.3 is 9.80 Å². The van der Waals surface area contributed by atoms with Crippen LogP contribution in [0, 0.1) is 11.8 Å². The molecule has 3 atom stereocenters. The van der Waals surface area contributed by atoms with Crippen LogP contribution >= 0.6 is 11.6 Å². The first kappa shape index (κ1) is 19.2. The molecule has 4 nitrogen and oxygen atoms in total. The highest BCUT2D eigenvalue weighted by Gasteiger charge is 2.34. The summed E-state index contributed by atoms with van der Waals surface area (Å²) in [4.78, 5) is 29.6. The average Bonchev–Trinajstić information content (AvgIpc) is 2.67. The largest absolute Gasteiger partial charge is 0.342 e. The second-order valence-corrected chi connectivity index (χ2v) is 8.31. The van der Waals surface area contributed by atoms with E-state index in [1.165, 1.54) is 19.3 Å². The summed E-state index contributed by atoms with van der Waals surface area (Å²) in [5.74, 6) is 0.678. The van der Waals surface area contributed by atoms with Crippen molar-refractivity contribution in [2.45, 2.75) is 51.5 Å². The van der Waals surface area contributed by atoms with Crippen LogP contribution in [0.1, 0.15) is 55.8 Å². The molecule has 1 aliphatic heterocycles. The van der Waals surface area contributed by atoms with E-state index in [0.29, 0.717) is 29.1 Å². The van der Waals surface area contributed by atoms with Crippen LogP contribution < -0.4 is 0 Å². The fourth-order valence-corrected chi connectivity index (χ4v) is 4.59. The molecule has 1 aromatic carbocycles. The van der Waals surface area contributed by atoms with E-state index >= 15 is 0 Å². The number of likely N-dealkylation sites (tertiary alicyclic amines) is 1. The molecule has 0 spiro atoms. The van der Waals surface area contributed by atoms with Gasteiger partial charge in [-0.25, -0.2) is 0 Å². The van der Waals surface area contributed by atoms with Crippen LogP contribution in [0.5, 0.6) is 0 Å². The van der Waals surface area contributed by atoms with Gasteiger partial charge >= 0.3 is 0 Å². The lowest BCUT2D eigenvalue weighted by Gasteiger charge is -2.40. The first-order chi connectivity index (χ1) is 12.5. The number of hydrogen-bond donors (Lipinski definition) is 0. The van der Waals surface area contributed by atoms with Gasteiger partial charge in [-0.15, -0.1) is 0 Å². The van der Waals surface area contributed by atoms with Crippen LogP contribution in [-0.2, 0) is 4.79 Å². The van der Waals surface area contributed by atoms with Crippen molar-refractivity contribution in [2.24, 2.45) is 11.8 Å². The molecule has 2 amide bonds. The molecule has 2 fully saturated rings. The SMILES string of the molecule is CC1CCCCC1N(C)C(=O)C1CCCN(C(=O)c2ccc(Cl)cc2)C1. The number of hydrogen-bond acceptors (Lipinski definition) is 2. The molecule has 1 heterocycles. The van der Waals surface area contributed by atoms with Crippen molar-refractivity contribution in [3.05, 3.63) is 34.9 Å². The Morgan fingerprint density at radius 1 is 1.08 bits per heavy atom. The van der Waals surface area contributed by atoms with E-state index in [9.17, 15) is 9.59 Å². The number of amides is 2. The summed E-state index contributed by atoms with van der Waals surface area (Å²) in [5, 5.41) is 0.622. The van der Waals surface area contributed by atoms with Crippen molar-refractivity contribution in [1.29, 1.82) is 0 Å². The molecule has 0 radical (unpaired) electrons. The number of carbonyl (C=O) groups excluding carboxylic acids is 2. The minimum Gasteiger partial charge on any atom is -0.342 e. The van der Waals surface area contributed by atoms with Gasteiger partial charge in [-0.1, -0.05) is 31.4 Å². The lowest BCUT2D eigenvalue weighted by atomic mass is 9.84. The van der Waals surface area contributed by atoms with Crippen LogP contribution in [0.3, 0.4) is 0 Å². The second kappa shape index (κ2) is 8.43. The Hall–Kier alpha value is -1.55. The first-order valence-corrected chi connectivity index (χ1v) is 10.2. The molecular formula is C21H29ClN2O2. The van der Waals surface area contributed by atoms with E-state index in [1.54, 1.807) is 24.3 Å².